The molecule has 0 spiro atoms. The third kappa shape index (κ3) is 4.48. The van der Waals surface area contributed by atoms with Crippen LogP contribution >= 0.6 is 11.8 Å². The van der Waals surface area contributed by atoms with Crippen molar-refractivity contribution in [3.05, 3.63) is 0 Å². The van der Waals surface area contributed by atoms with Gasteiger partial charge in [0.1, 0.15) is 0 Å². The van der Waals surface area contributed by atoms with E-state index in [1.807, 2.05) is 0 Å². The van der Waals surface area contributed by atoms with E-state index in [1.165, 1.54) is 57.9 Å². The summed E-state index contributed by atoms with van der Waals surface area (Å²) in [5.74, 6) is 0.983. The Hall–Kier alpha value is 0.310. The molecule has 2 aliphatic rings. The molecule has 1 N–H and O–H groups in total. The molecule has 0 aromatic carbocycles. The minimum atomic E-state index is 0.827. The van der Waals surface area contributed by atoms with Crippen LogP contribution in [-0.2, 0) is 0 Å². The molecule has 2 aliphatic carbocycles. The summed E-state index contributed by atoms with van der Waals surface area (Å²) in [6, 6.07) is 0.827. The van der Waals surface area contributed by atoms with Crippen molar-refractivity contribution < 1.29 is 0 Å². The van der Waals surface area contributed by atoms with Crippen LogP contribution in [0, 0.1) is 5.92 Å². The van der Waals surface area contributed by atoms with Crippen LogP contribution in [0.4, 0.5) is 0 Å². The maximum absolute atomic E-state index is 3.69. The summed E-state index contributed by atoms with van der Waals surface area (Å²) < 4.78 is 0. The van der Waals surface area contributed by atoms with Crippen molar-refractivity contribution in [2.45, 2.75) is 81.8 Å². The van der Waals surface area contributed by atoms with Crippen molar-refractivity contribution in [1.82, 2.24) is 5.32 Å². The quantitative estimate of drug-likeness (QED) is 0.789. The van der Waals surface area contributed by atoms with E-state index in [1.54, 1.807) is 0 Å². The average Bonchev–Trinajstić information content (AvgIpc) is 2.74. The standard InChI is InChI=1S/C15H29NS/c1-3-9-16-13-7-8-15(11-13)17-14-6-4-5-12(2)10-14/h12-16H,3-11H2,1-2H3. The minimum Gasteiger partial charge on any atom is -0.314 e. The second-order valence-corrected chi connectivity index (χ2v) is 7.72. The lowest BCUT2D eigenvalue weighted by Crippen LogP contribution is -2.27. The summed E-state index contributed by atoms with van der Waals surface area (Å²) in [5, 5.41) is 5.63. The van der Waals surface area contributed by atoms with E-state index in [0.29, 0.717) is 0 Å². The molecular formula is C15H29NS. The Morgan fingerprint density at radius 3 is 2.65 bits per heavy atom. The van der Waals surface area contributed by atoms with Crippen molar-refractivity contribution in [1.29, 1.82) is 0 Å². The molecule has 2 fully saturated rings. The third-order valence-electron chi connectivity index (χ3n) is 4.34. The normalized spacial score (nSPS) is 38.5. The van der Waals surface area contributed by atoms with E-state index in [2.05, 4.69) is 30.9 Å². The zero-order valence-corrected chi connectivity index (χ0v) is 12.4. The molecule has 2 rings (SSSR count). The predicted molar refractivity (Wildman–Crippen MR) is 78.7 cm³/mol. The maximum Gasteiger partial charge on any atom is 0.00779 e. The summed E-state index contributed by atoms with van der Waals surface area (Å²) >= 11 is 2.33. The minimum absolute atomic E-state index is 0.827. The highest BCUT2D eigenvalue weighted by Gasteiger charge is 2.28. The monoisotopic (exact) mass is 255 g/mol. The van der Waals surface area contributed by atoms with Crippen LogP contribution in [0.1, 0.15) is 65.2 Å². The van der Waals surface area contributed by atoms with E-state index < -0.39 is 0 Å². The SMILES string of the molecule is CCCNC1CCC(SC2CCCC(C)C2)C1. The van der Waals surface area contributed by atoms with Gasteiger partial charge in [-0.25, -0.2) is 0 Å². The first-order chi connectivity index (χ1) is 8.28. The highest BCUT2D eigenvalue weighted by atomic mass is 32.2. The molecule has 0 aliphatic heterocycles. The van der Waals surface area contributed by atoms with Crippen LogP contribution in [0.25, 0.3) is 0 Å². The molecule has 0 bridgehead atoms. The molecule has 1 nitrogen and oxygen atoms in total. The molecule has 2 heteroatoms. The van der Waals surface area contributed by atoms with Gasteiger partial charge in [0.05, 0.1) is 0 Å². The fourth-order valence-corrected chi connectivity index (χ4v) is 5.27. The number of rotatable bonds is 5. The average molecular weight is 255 g/mol. The molecule has 0 heterocycles. The molecule has 100 valence electrons. The molecule has 17 heavy (non-hydrogen) atoms. The van der Waals surface area contributed by atoms with Gasteiger partial charge in [-0.3, -0.25) is 0 Å². The van der Waals surface area contributed by atoms with Crippen molar-refractivity contribution in [2.24, 2.45) is 5.92 Å². The molecule has 0 radical (unpaired) electrons. The number of nitrogens with one attached hydrogen (secondary N) is 1. The second kappa shape index (κ2) is 7.04. The van der Waals surface area contributed by atoms with Gasteiger partial charge in [0.15, 0.2) is 0 Å². The fourth-order valence-electron chi connectivity index (χ4n) is 3.37. The van der Waals surface area contributed by atoms with Gasteiger partial charge in [0, 0.05) is 16.5 Å². The van der Waals surface area contributed by atoms with Crippen LogP contribution in [0.3, 0.4) is 0 Å². The lowest BCUT2D eigenvalue weighted by atomic mass is 9.91. The molecule has 0 aromatic rings. The Labute approximate surface area is 112 Å². The molecule has 4 atom stereocenters. The molecule has 0 saturated heterocycles. The van der Waals surface area contributed by atoms with E-state index in [9.17, 15) is 0 Å². The number of hydrogen-bond donors (Lipinski definition) is 1. The lowest BCUT2D eigenvalue weighted by molar-refractivity contribution is 0.393. The Morgan fingerprint density at radius 2 is 1.88 bits per heavy atom. The first-order valence-corrected chi connectivity index (χ1v) is 8.61. The van der Waals surface area contributed by atoms with Crippen molar-refractivity contribution >= 4 is 11.8 Å². The summed E-state index contributed by atoms with van der Waals surface area (Å²) in [6.07, 6.45) is 11.5. The number of hydrogen-bond acceptors (Lipinski definition) is 2. The van der Waals surface area contributed by atoms with Crippen LogP contribution in [0.15, 0.2) is 0 Å². The molecular weight excluding hydrogens is 226 g/mol. The third-order valence-corrected chi connectivity index (χ3v) is 5.97. The molecule has 0 aromatic heterocycles. The largest absolute Gasteiger partial charge is 0.314 e. The van der Waals surface area contributed by atoms with Gasteiger partial charge < -0.3 is 5.32 Å². The van der Waals surface area contributed by atoms with Gasteiger partial charge in [-0.2, -0.15) is 11.8 Å². The van der Waals surface area contributed by atoms with Gasteiger partial charge in [0.2, 0.25) is 0 Å². The second-order valence-electron chi connectivity index (χ2n) is 6.12. The van der Waals surface area contributed by atoms with Gasteiger partial charge >= 0.3 is 0 Å². The van der Waals surface area contributed by atoms with Crippen molar-refractivity contribution in [2.75, 3.05) is 6.54 Å². The lowest BCUT2D eigenvalue weighted by Gasteiger charge is -2.28. The van der Waals surface area contributed by atoms with Gasteiger partial charge in [-0.1, -0.05) is 26.7 Å². The molecule has 4 unspecified atom stereocenters. The Kier molecular flexibility index (Phi) is 5.68. The van der Waals surface area contributed by atoms with E-state index in [4.69, 9.17) is 0 Å². The molecule has 2 saturated carbocycles. The van der Waals surface area contributed by atoms with E-state index >= 15 is 0 Å². The Balaban J connectivity index is 1.66. The smallest absolute Gasteiger partial charge is 0.00779 e. The van der Waals surface area contributed by atoms with Crippen molar-refractivity contribution in [3.8, 4) is 0 Å². The summed E-state index contributed by atoms with van der Waals surface area (Å²) in [5.41, 5.74) is 0. The van der Waals surface area contributed by atoms with E-state index in [-0.39, 0.29) is 0 Å². The van der Waals surface area contributed by atoms with Crippen LogP contribution in [0.5, 0.6) is 0 Å². The first kappa shape index (κ1) is 13.7. The summed E-state index contributed by atoms with van der Waals surface area (Å²) in [4.78, 5) is 0. The van der Waals surface area contributed by atoms with E-state index in [0.717, 1.165) is 22.5 Å². The topological polar surface area (TPSA) is 12.0 Å². The predicted octanol–water partition coefficient (Wildman–Crippen LogP) is 4.22. The van der Waals surface area contributed by atoms with Crippen molar-refractivity contribution in [3.63, 3.8) is 0 Å². The maximum atomic E-state index is 3.69. The Bertz CT molecular complexity index is 219. The highest BCUT2D eigenvalue weighted by molar-refractivity contribution is 8.00. The van der Waals surface area contributed by atoms with Crippen LogP contribution in [0.2, 0.25) is 0 Å². The van der Waals surface area contributed by atoms with Gasteiger partial charge in [0.25, 0.3) is 0 Å². The van der Waals surface area contributed by atoms with Crippen LogP contribution < -0.4 is 5.32 Å². The molecule has 0 amide bonds. The zero-order valence-electron chi connectivity index (χ0n) is 11.6. The summed E-state index contributed by atoms with van der Waals surface area (Å²) in [6.45, 7) is 5.91. The summed E-state index contributed by atoms with van der Waals surface area (Å²) in [7, 11) is 0. The fraction of sp³-hybridized carbons (Fsp3) is 1.00. The Morgan fingerprint density at radius 1 is 1.06 bits per heavy atom. The first-order valence-electron chi connectivity index (χ1n) is 7.66. The number of thioether (sulfide) groups is 1. The van der Waals surface area contributed by atoms with Gasteiger partial charge in [-0.15, -0.1) is 0 Å². The van der Waals surface area contributed by atoms with Gasteiger partial charge in [-0.05, 0) is 51.0 Å². The zero-order chi connectivity index (χ0) is 12.1. The van der Waals surface area contributed by atoms with Crippen LogP contribution in [-0.4, -0.2) is 23.1 Å². The highest BCUT2D eigenvalue weighted by Crippen LogP contribution is 2.39.